The molecule has 0 aliphatic carbocycles. The van der Waals surface area contributed by atoms with Gasteiger partial charge in [0.2, 0.25) is 0 Å². The Balaban J connectivity index is 2.64. The lowest BCUT2D eigenvalue weighted by molar-refractivity contribution is 0.705. The molecule has 0 aromatic carbocycles. The van der Waals surface area contributed by atoms with Gasteiger partial charge in [-0.1, -0.05) is 13.8 Å². The number of pyridine rings is 1. The van der Waals surface area contributed by atoms with Crippen LogP contribution in [0.4, 0.5) is 5.69 Å². The highest BCUT2D eigenvalue weighted by Gasteiger charge is 2.16. The highest BCUT2D eigenvalue weighted by atomic mass is 15.3. The Hall–Kier alpha value is -1.84. The molecule has 0 unspecified atom stereocenters. The number of nitrogens with zero attached hydrogens (tertiary/aromatic N) is 3. The smallest absolute Gasteiger partial charge is 0.0743 e. The van der Waals surface area contributed by atoms with E-state index in [0.717, 1.165) is 35.5 Å². The molecule has 0 fully saturated rings. The van der Waals surface area contributed by atoms with Crippen molar-refractivity contribution in [1.82, 2.24) is 14.8 Å². The van der Waals surface area contributed by atoms with Crippen LogP contribution in [0.5, 0.6) is 0 Å². The summed E-state index contributed by atoms with van der Waals surface area (Å²) in [5, 5.41) is 4.57. The Morgan fingerprint density at radius 3 is 2.56 bits per heavy atom. The Morgan fingerprint density at radius 1 is 1.28 bits per heavy atom. The first-order valence-corrected chi connectivity index (χ1v) is 6.35. The molecule has 0 saturated heterocycles. The Morgan fingerprint density at radius 2 is 2.00 bits per heavy atom. The Bertz CT molecular complexity index is 569. The van der Waals surface area contributed by atoms with Crippen LogP contribution in [0.2, 0.25) is 0 Å². The summed E-state index contributed by atoms with van der Waals surface area (Å²) in [5.74, 6) is 0. The van der Waals surface area contributed by atoms with E-state index in [0.29, 0.717) is 0 Å². The predicted molar refractivity (Wildman–Crippen MR) is 74.3 cm³/mol. The molecule has 96 valence electrons. The minimum absolute atomic E-state index is 0.735. The van der Waals surface area contributed by atoms with Crippen molar-refractivity contribution in [3.05, 3.63) is 29.2 Å². The van der Waals surface area contributed by atoms with Gasteiger partial charge in [0.25, 0.3) is 0 Å². The molecule has 0 bridgehead atoms. The van der Waals surface area contributed by atoms with E-state index in [-0.39, 0.29) is 0 Å². The zero-order chi connectivity index (χ0) is 13.3. The monoisotopic (exact) mass is 244 g/mol. The lowest BCUT2D eigenvalue weighted by atomic mass is 10.0. The molecule has 0 aliphatic heterocycles. The van der Waals surface area contributed by atoms with Crippen molar-refractivity contribution < 1.29 is 0 Å². The maximum absolute atomic E-state index is 5.83. The minimum atomic E-state index is 0.735. The SMILES string of the molecule is CCc1nn(C)c(CC)c1-c1cc(C)c(N)cn1. The number of hydrogen-bond acceptors (Lipinski definition) is 3. The van der Waals surface area contributed by atoms with Gasteiger partial charge in [0.05, 0.1) is 23.3 Å². The van der Waals surface area contributed by atoms with Crippen molar-refractivity contribution in [2.45, 2.75) is 33.6 Å². The van der Waals surface area contributed by atoms with Crippen LogP contribution in [0.25, 0.3) is 11.3 Å². The standard InChI is InChI=1S/C14H20N4/c1-5-11-14(13(6-2)18(4)17-11)12-7-9(3)10(15)8-16-12/h7-8H,5-6,15H2,1-4H3. The molecule has 2 rings (SSSR count). The topological polar surface area (TPSA) is 56.7 Å². The number of anilines is 1. The van der Waals surface area contributed by atoms with Gasteiger partial charge in [-0.3, -0.25) is 9.67 Å². The molecule has 4 heteroatoms. The van der Waals surface area contributed by atoms with Crippen LogP contribution < -0.4 is 5.73 Å². The van der Waals surface area contributed by atoms with Crippen molar-refractivity contribution in [1.29, 1.82) is 0 Å². The molecule has 0 amide bonds. The molecule has 0 radical (unpaired) electrons. The number of nitrogens with two attached hydrogens (primary N) is 1. The van der Waals surface area contributed by atoms with Crippen LogP contribution in [0.15, 0.2) is 12.3 Å². The van der Waals surface area contributed by atoms with Crippen molar-refractivity contribution in [2.75, 3.05) is 5.73 Å². The van der Waals surface area contributed by atoms with Crippen LogP contribution in [-0.4, -0.2) is 14.8 Å². The van der Waals surface area contributed by atoms with Crippen molar-refractivity contribution in [2.24, 2.45) is 7.05 Å². The zero-order valence-corrected chi connectivity index (χ0v) is 11.5. The van der Waals surface area contributed by atoms with Crippen molar-refractivity contribution in [3.8, 4) is 11.3 Å². The van der Waals surface area contributed by atoms with E-state index in [1.54, 1.807) is 6.20 Å². The second kappa shape index (κ2) is 4.80. The summed E-state index contributed by atoms with van der Waals surface area (Å²) >= 11 is 0. The van der Waals surface area contributed by atoms with Gasteiger partial charge in [0, 0.05) is 18.3 Å². The molecule has 0 atom stereocenters. The molecule has 2 N–H and O–H groups in total. The second-order valence-electron chi connectivity index (χ2n) is 4.53. The number of rotatable bonds is 3. The van der Waals surface area contributed by atoms with E-state index < -0.39 is 0 Å². The van der Waals surface area contributed by atoms with Crippen molar-refractivity contribution in [3.63, 3.8) is 0 Å². The maximum atomic E-state index is 5.83. The summed E-state index contributed by atoms with van der Waals surface area (Å²) in [6.07, 6.45) is 3.59. The normalized spacial score (nSPS) is 10.9. The molecular weight excluding hydrogens is 224 g/mol. The van der Waals surface area contributed by atoms with Gasteiger partial charge in [-0.15, -0.1) is 0 Å². The summed E-state index contributed by atoms with van der Waals surface area (Å²) in [5.41, 5.74) is 12.1. The number of aromatic nitrogens is 3. The fourth-order valence-corrected chi connectivity index (χ4v) is 2.27. The third kappa shape index (κ3) is 1.98. The molecule has 18 heavy (non-hydrogen) atoms. The highest BCUT2D eigenvalue weighted by Crippen LogP contribution is 2.28. The largest absolute Gasteiger partial charge is 0.397 e. The van der Waals surface area contributed by atoms with Gasteiger partial charge in [0.1, 0.15) is 0 Å². The summed E-state index contributed by atoms with van der Waals surface area (Å²) in [6, 6.07) is 2.05. The summed E-state index contributed by atoms with van der Waals surface area (Å²) in [6.45, 7) is 6.27. The van der Waals surface area contributed by atoms with E-state index in [1.807, 2.05) is 24.7 Å². The predicted octanol–water partition coefficient (Wildman–Crippen LogP) is 2.50. The van der Waals surface area contributed by atoms with E-state index >= 15 is 0 Å². The quantitative estimate of drug-likeness (QED) is 0.902. The van der Waals surface area contributed by atoms with Crippen molar-refractivity contribution >= 4 is 5.69 Å². The second-order valence-corrected chi connectivity index (χ2v) is 4.53. The summed E-state index contributed by atoms with van der Waals surface area (Å²) in [4.78, 5) is 4.46. The van der Waals surface area contributed by atoms with Gasteiger partial charge in [-0.2, -0.15) is 5.10 Å². The molecule has 0 aliphatic rings. The van der Waals surface area contributed by atoms with Gasteiger partial charge in [-0.25, -0.2) is 0 Å². The number of aryl methyl sites for hydroxylation is 3. The molecule has 4 nitrogen and oxygen atoms in total. The van der Waals surface area contributed by atoms with Crippen LogP contribution in [-0.2, 0) is 19.9 Å². The van der Waals surface area contributed by atoms with Gasteiger partial charge >= 0.3 is 0 Å². The molecule has 0 spiro atoms. The first-order chi connectivity index (χ1) is 8.58. The van der Waals surface area contributed by atoms with Crippen LogP contribution >= 0.6 is 0 Å². The number of hydrogen-bond donors (Lipinski definition) is 1. The molecular formula is C14H20N4. The maximum Gasteiger partial charge on any atom is 0.0743 e. The van der Waals surface area contributed by atoms with Gasteiger partial charge in [0.15, 0.2) is 0 Å². The Labute approximate surface area is 108 Å². The highest BCUT2D eigenvalue weighted by molar-refractivity contribution is 5.67. The first kappa shape index (κ1) is 12.6. The van der Waals surface area contributed by atoms with Gasteiger partial charge < -0.3 is 5.73 Å². The zero-order valence-electron chi connectivity index (χ0n) is 11.5. The molecule has 0 saturated carbocycles. The van der Waals surface area contributed by atoms with E-state index in [9.17, 15) is 0 Å². The van der Waals surface area contributed by atoms with E-state index in [2.05, 4.69) is 23.9 Å². The number of nitrogen functional groups attached to an aromatic ring is 1. The minimum Gasteiger partial charge on any atom is -0.397 e. The third-order valence-electron chi connectivity index (χ3n) is 3.32. The average Bonchev–Trinajstić information content (AvgIpc) is 2.68. The fourth-order valence-electron chi connectivity index (χ4n) is 2.27. The summed E-state index contributed by atoms with van der Waals surface area (Å²) in [7, 11) is 1.99. The van der Waals surface area contributed by atoms with Crippen LogP contribution in [0.1, 0.15) is 30.8 Å². The average molecular weight is 244 g/mol. The third-order valence-corrected chi connectivity index (χ3v) is 3.32. The molecule has 2 aromatic rings. The van der Waals surface area contributed by atoms with Crippen LogP contribution in [0.3, 0.4) is 0 Å². The van der Waals surface area contributed by atoms with E-state index in [4.69, 9.17) is 5.73 Å². The Kier molecular flexibility index (Phi) is 3.36. The first-order valence-electron chi connectivity index (χ1n) is 6.35. The summed E-state index contributed by atoms with van der Waals surface area (Å²) < 4.78 is 1.96. The lowest BCUT2D eigenvalue weighted by Gasteiger charge is -2.07. The molecule has 2 aromatic heterocycles. The lowest BCUT2D eigenvalue weighted by Crippen LogP contribution is -1.98. The van der Waals surface area contributed by atoms with Crippen LogP contribution in [0, 0.1) is 6.92 Å². The molecule has 2 heterocycles. The van der Waals surface area contributed by atoms with E-state index in [1.165, 1.54) is 11.3 Å². The van der Waals surface area contributed by atoms with Gasteiger partial charge in [-0.05, 0) is 31.4 Å². The fraction of sp³-hybridized carbons (Fsp3) is 0.429.